The molecule has 106 valence electrons. The van der Waals surface area contributed by atoms with E-state index in [9.17, 15) is 12.8 Å². The summed E-state index contributed by atoms with van der Waals surface area (Å²) >= 11 is 3.20. The number of sulfonamides is 1. The minimum Gasteiger partial charge on any atom is -0.398 e. The Bertz CT molecular complexity index is 735. The molecule has 0 amide bonds. The standard InChI is InChI=1S/C13H12BrFN2O2S/c14-10-4-5-12(16)13(7-10)20(18,19)17-8-9-2-1-3-11(15)6-9/h1-7,17H,8,16H2. The van der Waals surface area contributed by atoms with Crippen molar-refractivity contribution in [2.45, 2.75) is 11.4 Å². The van der Waals surface area contributed by atoms with E-state index in [0.717, 1.165) is 0 Å². The van der Waals surface area contributed by atoms with Gasteiger partial charge in [0.15, 0.2) is 0 Å². The Kier molecular flexibility index (Phi) is 4.42. The first-order valence-corrected chi connectivity index (χ1v) is 7.95. The van der Waals surface area contributed by atoms with E-state index >= 15 is 0 Å². The fourth-order valence-corrected chi connectivity index (χ4v) is 3.33. The van der Waals surface area contributed by atoms with E-state index < -0.39 is 15.8 Å². The number of nitrogens with one attached hydrogen (secondary N) is 1. The molecule has 0 saturated heterocycles. The second-order valence-corrected chi connectivity index (χ2v) is 6.79. The van der Waals surface area contributed by atoms with Crippen LogP contribution in [0.1, 0.15) is 5.56 Å². The van der Waals surface area contributed by atoms with Crippen LogP contribution in [0.15, 0.2) is 51.8 Å². The lowest BCUT2D eigenvalue weighted by Gasteiger charge is -2.09. The predicted molar refractivity (Wildman–Crippen MR) is 79.0 cm³/mol. The van der Waals surface area contributed by atoms with Crippen molar-refractivity contribution in [2.24, 2.45) is 0 Å². The van der Waals surface area contributed by atoms with Crippen LogP contribution in [-0.2, 0) is 16.6 Å². The highest BCUT2D eigenvalue weighted by atomic mass is 79.9. The van der Waals surface area contributed by atoms with Gasteiger partial charge in [0, 0.05) is 11.0 Å². The van der Waals surface area contributed by atoms with Crippen LogP contribution >= 0.6 is 15.9 Å². The summed E-state index contributed by atoms with van der Waals surface area (Å²) < 4.78 is 40.3. The van der Waals surface area contributed by atoms with Crippen LogP contribution in [0.25, 0.3) is 0 Å². The molecule has 0 unspecified atom stereocenters. The van der Waals surface area contributed by atoms with Gasteiger partial charge in [-0.1, -0.05) is 28.1 Å². The van der Waals surface area contributed by atoms with Gasteiger partial charge in [-0.2, -0.15) is 0 Å². The first kappa shape index (κ1) is 15.0. The average molecular weight is 359 g/mol. The van der Waals surface area contributed by atoms with Gasteiger partial charge >= 0.3 is 0 Å². The summed E-state index contributed by atoms with van der Waals surface area (Å²) in [5, 5.41) is 0. The maximum atomic E-state index is 13.0. The smallest absolute Gasteiger partial charge is 0.242 e. The fraction of sp³-hybridized carbons (Fsp3) is 0.0769. The summed E-state index contributed by atoms with van der Waals surface area (Å²) in [5.41, 5.74) is 6.35. The first-order valence-electron chi connectivity index (χ1n) is 5.67. The Morgan fingerprint density at radius 1 is 1.20 bits per heavy atom. The molecule has 0 fully saturated rings. The lowest BCUT2D eigenvalue weighted by atomic mass is 10.2. The van der Waals surface area contributed by atoms with Gasteiger partial charge in [0.05, 0.1) is 5.69 Å². The highest BCUT2D eigenvalue weighted by Crippen LogP contribution is 2.23. The van der Waals surface area contributed by atoms with Crippen molar-refractivity contribution in [3.8, 4) is 0 Å². The normalized spacial score (nSPS) is 11.5. The van der Waals surface area contributed by atoms with Crippen molar-refractivity contribution in [3.05, 3.63) is 58.3 Å². The Hall–Kier alpha value is -1.44. The third-order valence-electron chi connectivity index (χ3n) is 2.62. The molecule has 20 heavy (non-hydrogen) atoms. The fourth-order valence-electron chi connectivity index (χ4n) is 1.64. The van der Waals surface area contributed by atoms with E-state index in [2.05, 4.69) is 20.7 Å². The molecular weight excluding hydrogens is 347 g/mol. The van der Waals surface area contributed by atoms with E-state index in [1.165, 1.54) is 30.3 Å². The summed E-state index contributed by atoms with van der Waals surface area (Å²) in [6.07, 6.45) is 0. The van der Waals surface area contributed by atoms with Gasteiger partial charge in [-0.05, 0) is 35.9 Å². The number of hydrogen-bond donors (Lipinski definition) is 2. The van der Waals surface area contributed by atoms with Gasteiger partial charge in [-0.15, -0.1) is 0 Å². The molecule has 0 bridgehead atoms. The molecule has 0 saturated carbocycles. The maximum absolute atomic E-state index is 13.0. The van der Waals surface area contributed by atoms with E-state index in [4.69, 9.17) is 5.73 Å². The van der Waals surface area contributed by atoms with Crippen LogP contribution in [0, 0.1) is 5.82 Å². The molecule has 7 heteroatoms. The molecule has 0 aliphatic rings. The van der Waals surface area contributed by atoms with Gasteiger partial charge in [0.25, 0.3) is 0 Å². The molecule has 3 N–H and O–H groups in total. The molecule has 2 aromatic carbocycles. The molecule has 0 spiro atoms. The number of rotatable bonds is 4. The van der Waals surface area contributed by atoms with Gasteiger partial charge in [0.1, 0.15) is 10.7 Å². The third kappa shape index (κ3) is 3.56. The Balaban J connectivity index is 2.21. The zero-order chi connectivity index (χ0) is 14.8. The molecule has 2 rings (SSSR count). The number of nitrogen functional groups attached to an aromatic ring is 1. The number of anilines is 1. The highest BCUT2D eigenvalue weighted by Gasteiger charge is 2.17. The molecule has 0 aromatic heterocycles. The van der Waals surface area contributed by atoms with Crippen molar-refractivity contribution in [1.82, 2.24) is 4.72 Å². The molecular formula is C13H12BrFN2O2S. The summed E-state index contributed by atoms with van der Waals surface area (Å²) in [6, 6.07) is 10.3. The third-order valence-corrected chi connectivity index (χ3v) is 4.57. The molecule has 2 aromatic rings. The number of nitrogens with two attached hydrogens (primary N) is 1. The van der Waals surface area contributed by atoms with Crippen molar-refractivity contribution in [1.29, 1.82) is 0 Å². The molecule has 0 heterocycles. The SMILES string of the molecule is Nc1ccc(Br)cc1S(=O)(=O)NCc1cccc(F)c1. The minimum atomic E-state index is -3.75. The van der Waals surface area contributed by atoms with E-state index in [0.29, 0.717) is 10.0 Å². The van der Waals surface area contributed by atoms with Crippen molar-refractivity contribution in [2.75, 3.05) is 5.73 Å². The van der Waals surface area contributed by atoms with Crippen LogP contribution < -0.4 is 10.5 Å². The van der Waals surface area contributed by atoms with Crippen LogP contribution in [-0.4, -0.2) is 8.42 Å². The van der Waals surface area contributed by atoms with Gasteiger partial charge in [-0.25, -0.2) is 17.5 Å². The second kappa shape index (κ2) is 5.90. The highest BCUT2D eigenvalue weighted by molar-refractivity contribution is 9.10. The van der Waals surface area contributed by atoms with Crippen LogP contribution in [0.2, 0.25) is 0 Å². The van der Waals surface area contributed by atoms with E-state index in [1.807, 2.05) is 0 Å². The van der Waals surface area contributed by atoms with Crippen LogP contribution in [0.5, 0.6) is 0 Å². The van der Waals surface area contributed by atoms with Crippen LogP contribution in [0.3, 0.4) is 0 Å². The minimum absolute atomic E-state index is 0.00789. The monoisotopic (exact) mass is 358 g/mol. The topological polar surface area (TPSA) is 72.2 Å². The summed E-state index contributed by atoms with van der Waals surface area (Å²) in [5.74, 6) is -0.413. The number of hydrogen-bond acceptors (Lipinski definition) is 3. The average Bonchev–Trinajstić information content (AvgIpc) is 2.39. The molecule has 0 radical (unpaired) electrons. The van der Waals surface area contributed by atoms with E-state index in [-0.39, 0.29) is 17.1 Å². The second-order valence-electron chi connectivity index (χ2n) is 4.14. The zero-order valence-electron chi connectivity index (χ0n) is 10.3. The number of halogens is 2. The molecule has 0 atom stereocenters. The summed E-state index contributed by atoms with van der Waals surface area (Å²) in [7, 11) is -3.75. The first-order chi connectivity index (χ1) is 9.38. The quantitative estimate of drug-likeness (QED) is 0.825. The lowest BCUT2D eigenvalue weighted by Crippen LogP contribution is -2.24. The molecule has 0 aliphatic carbocycles. The van der Waals surface area contributed by atoms with Gasteiger partial charge in [0.2, 0.25) is 10.0 Å². The van der Waals surface area contributed by atoms with Crippen molar-refractivity contribution < 1.29 is 12.8 Å². The molecule has 0 aliphatic heterocycles. The summed E-state index contributed by atoms with van der Waals surface area (Å²) in [6.45, 7) is -0.00789. The zero-order valence-corrected chi connectivity index (χ0v) is 12.7. The van der Waals surface area contributed by atoms with Crippen molar-refractivity contribution >= 4 is 31.6 Å². The van der Waals surface area contributed by atoms with Gasteiger partial charge in [-0.3, -0.25) is 0 Å². The lowest BCUT2D eigenvalue weighted by molar-refractivity contribution is 0.580. The van der Waals surface area contributed by atoms with Gasteiger partial charge < -0.3 is 5.73 Å². The maximum Gasteiger partial charge on any atom is 0.242 e. The van der Waals surface area contributed by atoms with Crippen molar-refractivity contribution in [3.63, 3.8) is 0 Å². The summed E-state index contributed by atoms with van der Waals surface area (Å²) in [4.78, 5) is -0.0109. The Labute approximate surface area is 125 Å². The Morgan fingerprint density at radius 2 is 1.95 bits per heavy atom. The number of benzene rings is 2. The predicted octanol–water partition coefficient (Wildman–Crippen LogP) is 2.65. The molecule has 4 nitrogen and oxygen atoms in total. The van der Waals surface area contributed by atoms with E-state index in [1.54, 1.807) is 12.1 Å². The Morgan fingerprint density at radius 3 is 2.65 bits per heavy atom. The largest absolute Gasteiger partial charge is 0.398 e. The van der Waals surface area contributed by atoms with Crippen LogP contribution in [0.4, 0.5) is 10.1 Å².